The van der Waals surface area contributed by atoms with Crippen LogP contribution in [0.2, 0.25) is 5.02 Å². The van der Waals surface area contributed by atoms with E-state index in [4.69, 9.17) is 16.3 Å². The van der Waals surface area contributed by atoms with Gasteiger partial charge in [-0.25, -0.2) is 0 Å². The van der Waals surface area contributed by atoms with E-state index in [1.807, 2.05) is 31.2 Å². The number of thioether (sulfide) groups is 1. The number of hydrogen-bond acceptors (Lipinski definition) is 4. The molecule has 0 aliphatic carbocycles. The minimum atomic E-state index is -0.737. The molecule has 1 heterocycles. The van der Waals surface area contributed by atoms with Crippen molar-refractivity contribution in [3.63, 3.8) is 0 Å². The molecule has 1 aliphatic heterocycles. The first kappa shape index (κ1) is 22.8. The van der Waals surface area contributed by atoms with Crippen LogP contribution in [0.15, 0.2) is 34.2 Å². The van der Waals surface area contributed by atoms with Crippen LogP contribution in [-0.4, -0.2) is 55.3 Å². The van der Waals surface area contributed by atoms with Gasteiger partial charge in [-0.2, -0.15) is 0 Å². The highest BCUT2D eigenvalue weighted by atomic mass is 127. The smallest absolute Gasteiger partial charge is 0.191 e. The molecule has 0 amide bonds. The van der Waals surface area contributed by atoms with Gasteiger partial charge in [-0.3, -0.25) is 4.99 Å². The van der Waals surface area contributed by atoms with Gasteiger partial charge in [0.1, 0.15) is 0 Å². The Morgan fingerprint density at radius 1 is 1.28 bits per heavy atom. The lowest BCUT2D eigenvalue weighted by atomic mass is 9.95. The minimum Gasteiger partial charge on any atom is -0.388 e. The fourth-order valence-electron chi connectivity index (χ4n) is 2.35. The van der Waals surface area contributed by atoms with E-state index in [9.17, 15) is 5.11 Å². The lowest BCUT2D eigenvalue weighted by Crippen LogP contribution is -2.43. The maximum atomic E-state index is 10.5. The maximum absolute atomic E-state index is 10.5. The van der Waals surface area contributed by atoms with E-state index >= 15 is 0 Å². The summed E-state index contributed by atoms with van der Waals surface area (Å²) in [6.07, 6.45) is 1.28. The van der Waals surface area contributed by atoms with E-state index in [0.717, 1.165) is 29.8 Å². The van der Waals surface area contributed by atoms with Gasteiger partial charge in [-0.15, -0.1) is 35.7 Å². The number of hydrogen-bond donors (Lipinski definition) is 3. The molecular formula is C17H27ClIN3O2S. The minimum absolute atomic E-state index is 0. The molecule has 0 saturated carbocycles. The average molecular weight is 500 g/mol. The van der Waals surface area contributed by atoms with Crippen LogP contribution in [0.1, 0.15) is 19.8 Å². The largest absolute Gasteiger partial charge is 0.388 e. The van der Waals surface area contributed by atoms with E-state index in [1.54, 1.807) is 11.8 Å². The zero-order chi connectivity index (χ0) is 17.3. The van der Waals surface area contributed by atoms with Crippen LogP contribution < -0.4 is 10.6 Å². The molecule has 2 rings (SSSR count). The number of guanidine groups is 1. The van der Waals surface area contributed by atoms with Gasteiger partial charge in [0.2, 0.25) is 0 Å². The van der Waals surface area contributed by atoms with E-state index in [0.29, 0.717) is 32.6 Å². The van der Waals surface area contributed by atoms with E-state index < -0.39 is 5.60 Å². The Kier molecular flexibility index (Phi) is 11.2. The van der Waals surface area contributed by atoms with Crippen LogP contribution >= 0.6 is 47.3 Å². The molecule has 1 saturated heterocycles. The van der Waals surface area contributed by atoms with Crippen molar-refractivity contribution in [2.75, 3.05) is 38.6 Å². The third kappa shape index (κ3) is 8.81. The summed E-state index contributed by atoms with van der Waals surface area (Å²) in [7, 11) is 0. The van der Waals surface area contributed by atoms with Crippen molar-refractivity contribution in [3.8, 4) is 0 Å². The molecule has 8 heteroatoms. The first-order valence-electron chi connectivity index (χ1n) is 8.32. The highest BCUT2D eigenvalue weighted by Crippen LogP contribution is 2.21. The number of nitrogens with zero attached hydrogens (tertiary/aromatic N) is 1. The average Bonchev–Trinajstić information content (AvgIpc) is 2.59. The van der Waals surface area contributed by atoms with Crippen LogP contribution in [0, 0.1) is 0 Å². The topological polar surface area (TPSA) is 65.9 Å². The molecule has 1 aromatic rings. The third-order valence-electron chi connectivity index (χ3n) is 3.78. The molecule has 3 N–H and O–H groups in total. The lowest BCUT2D eigenvalue weighted by molar-refractivity contribution is -0.0565. The number of benzene rings is 1. The molecule has 0 spiro atoms. The fourth-order valence-corrected chi connectivity index (χ4v) is 3.24. The monoisotopic (exact) mass is 499 g/mol. The Morgan fingerprint density at radius 3 is 2.60 bits per heavy atom. The van der Waals surface area contributed by atoms with Gasteiger partial charge in [0.25, 0.3) is 0 Å². The Labute approximate surface area is 176 Å². The second-order valence-corrected chi connectivity index (χ2v) is 7.37. The van der Waals surface area contributed by atoms with Crippen LogP contribution in [0.3, 0.4) is 0 Å². The fraction of sp³-hybridized carbons (Fsp3) is 0.588. The van der Waals surface area contributed by atoms with E-state index in [-0.39, 0.29) is 24.0 Å². The van der Waals surface area contributed by atoms with Crippen molar-refractivity contribution in [2.24, 2.45) is 4.99 Å². The van der Waals surface area contributed by atoms with Gasteiger partial charge in [0.15, 0.2) is 5.96 Å². The number of halogens is 2. The molecule has 25 heavy (non-hydrogen) atoms. The molecule has 0 aromatic heterocycles. The standard InChI is InChI=1S/C17H26ClN3O2S.HI/c1-2-19-16(21-13-17(22)7-10-23-11-8-17)20-9-12-24-15-5-3-14(18)4-6-15;/h3-6,22H,2,7-13H2,1H3,(H2,19,20,21);1H. The van der Waals surface area contributed by atoms with Crippen molar-refractivity contribution in [1.29, 1.82) is 0 Å². The molecule has 0 radical (unpaired) electrons. The summed E-state index contributed by atoms with van der Waals surface area (Å²) in [6, 6.07) is 7.84. The van der Waals surface area contributed by atoms with Crippen molar-refractivity contribution in [3.05, 3.63) is 29.3 Å². The van der Waals surface area contributed by atoms with Crippen molar-refractivity contribution >= 4 is 53.3 Å². The first-order valence-corrected chi connectivity index (χ1v) is 9.68. The second kappa shape index (κ2) is 12.2. The van der Waals surface area contributed by atoms with Crippen LogP contribution in [0.5, 0.6) is 0 Å². The lowest BCUT2D eigenvalue weighted by Gasteiger charge is -2.30. The molecule has 0 bridgehead atoms. The molecule has 1 aliphatic rings. The molecule has 0 unspecified atom stereocenters. The number of nitrogens with one attached hydrogen (secondary N) is 2. The highest BCUT2D eigenvalue weighted by Gasteiger charge is 2.29. The second-order valence-electron chi connectivity index (χ2n) is 5.76. The summed E-state index contributed by atoms with van der Waals surface area (Å²) in [5.41, 5.74) is -0.737. The third-order valence-corrected chi connectivity index (χ3v) is 5.04. The summed E-state index contributed by atoms with van der Waals surface area (Å²) < 4.78 is 5.30. The van der Waals surface area contributed by atoms with Crippen LogP contribution in [-0.2, 0) is 4.74 Å². The zero-order valence-corrected chi connectivity index (χ0v) is 18.4. The van der Waals surface area contributed by atoms with Crippen molar-refractivity contribution in [2.45, 2.75) is 30.3 Å². The summed E-state index contributed by atoms with van der Waals surface area (Å²) in [4.78, 5) is 5.72. The Hall–Kier alpha value is -0.220. The Bertz CT molecular complexity index is 525. The summed E-state index contributed by atoms with van der Waals surface area (Å²) in [5, 5.41) is 17.8. The van der Waals surface area contributed by atoms with Gasteiger partial charge in [0.05, 0.1) is 12.1 Å². The summed E-state index contributed by atoms with van der Waals surface area (Å²) in [6.45, 7) is 5.22. The quantitative estimate of drug-likeness (QED) is 0.177. The first-order chi connectivity index (χ1) is 11.6. The number of aliphatic imine (C=N–C) groups is 1. The normalized spacial score (nSPS) is 16.8. The molecule has 0 atom stereocenters. The summed E-state index contributed by atoms with van der Waals surface area (Å²) >= 11 is 7.65. The Balaban J connectivity index is 0.00000312. The van der Waals surface area contributed by atoms with Gasteiger partial charge < -0.3 is 20.5 Å². The van der Waals surface area contributed by atoms with Gasteiger partial charge in [-0.1, -0.05) is 11.6 Å². The van der Waals surface area contributed by atoms with Gasteiger partial charge >= 0.3 is 0 Å². The molecule has 5 nitrogen and oxygen atoms in total. The van der Waals surface area contributed by atoms with Crippen LogP contribution in [0.25, 0.3) is 0 Å². The maximum Gasteiger partial charge on any atom is 0.191 e. The molecule has 142 valence electrons. The highest BCUT2D eigenvalue weighted by molar-refractivity contribution is 14.0. The molecule has 1 fully saturated rings. The Morgan fingerprint density at radius 2 is 1.96 bits per heavy atom. The van der Waals surface area contributed by atoms with Crippen LogP contribution in [0.4, 0.5) is 0 Å². The van der Waals surface area contributed by atoms with E-state index in [2.05, 4.69) is 15.6 Å². The van der Waals surface area contributed by atoms with Gasteiger partial charge in [0, 0.05) is 54.8 Å². The number of rotatable bonds is 7. The van der Waals surface area contributed by atoms with Crippen molar-refractivity contribution in [1.82, 2.24) is 10.6 Å². The predicted octanol–water partition coefficient (Wildman–Crippen LogP) is 3.15. The van der Waals surface area contributed by atoms with Gasteiger partial charge in [-0.05, 0) is 31.2 Å². The number of ether oxygens (including phenoxy) is 1. The van der Waals surface area contributed by atoms with E-state index in [1.165, 1.54) is 4.90 Å². The summed E-state index contributed by atoms with van der Waals surface area (Å²) in [5.74, 6) is 1.67. The van der Waals surface area contributed by atoms with Crippen molar-refractivity contribution < 1.29 is 9.84 Å². The molecule has 1 aromatic carbocycles. The SMILES string of the molecule is CCNC(=NCC1(O)CCOCC1)NCCSc1ccc(Cl)cc1.I. The molecular weight excluding hydrogens is 473 g/mol. The predicted molar refractivity (Wildman–Crippen MR) is 117 cm³/mol. The zero-order valence-electron chi connectivity index (χ0n) is 14.5. The number of aliphatic hydroxyl groups is 1.